The molecule has 3 aromatic rings. The van der Waals surface area contributed by atoms with Gasteiger partial charge in [0.2, 0.25) is 5.91 Å². The third-order valence-electron chi connectivity index (χ3n) is 7.35. The first kappa shape index (κ1) is 24.3. The van der Waals surface area contributed by atoms with Gasteiger partial charge in [0, 0.05) is 50.1 Å². The maximum atomic E-state index is 12.8. The van der Waals surface area contributed by atoms with Crippen molar-refractivity contribution in [3.05, 3.63) is 90.0 Å². The highest BCUT2D eigenvalue weighted by atomic mass is 16.5. The Morgan fingerprint density at radius 2 is 1.61 bits per heavy atom. The number of carbonyl (C=O) groups is 1. The van der Waals surface area contributed by atoms with Crippen LogP contribution in [0, 0.1) is 0 Å². The second kappa shape index (κ2) is 11.6. The van der Waals surface area contributed by atoms with Crippen molar-refractivity contribution in [1.82, 2.24) is 9.80 Å². The minimum atomic E-state index is 0.0395. The molecule has 36 heavy (non-hydrogen) atoms. The summed E-state index contributed by atoms with van der Waals surface area (Å²) in [5.74, 6) is 0.899. The summed E-state index contributed by atoms with van der Waals surface area (Å²) in [6.07, 6.45) is 2.18. The second-order valence-corrected chi connectivity index (χ2v) is 9.75. The molecule has 5 rings (SSSR count). The van der Waals surface area contributed by atoms with Crippen LogP contribution in [0.3, 0.4) is 0 Å². The first-order valence-corrected chi connectivity index (χ1v) is 13.0. The fourth-order valence-electron chi connectivity index (χ4n) is 5.37. The molecule has 0 spiro atoms. The average molecular weight is 485 g/mol. The van der Waals surface area contributed by atoms with E-state index in [1.807, 2.05) is 24.3 Å². The molecule has 0 bridgehead atoms. The van der Waals surface area contributed by atoms with Crippen LogP contribution >= 0.6 is 0 Å². The molecule has 1 unspecified atom stereocenters. The van der Waals surface area contributed by atoms with Crippen LogP contribution in [0.25, 0.3) is 0 Å². The number of amides is 1. The van der Waals surface area contributed by atoms with Crippen molar-refractivity contribution in [2.45, 2.75) is 25.4 Å². The lowest BCUT2D eigenvalue weighted by molar-refractivity contribution is -0.117. The predicted octanol–water partition coefficient (Wildman–Crippen LogP) is 4.79. The van der Waals surface area contributed by atoms with Crippen LogP contribution < -0.4 is 15.0 Å². The van der Waals surface area contributed by atoms with E-state index in [0.717, 1.165) is 63.5 Å². The number of benzene rings is 3. The molecule has 0 saturated carbocycles. The largest absolute Gasteiger partial charge is 0.497 e. The van der Waals surface area contributed by atoms with Gasteiger partial charge in [-0.3, -0.25) is 14.6 Å². The van der Waals surface area contributed by atoms with Gasteiger partial charge in [0.05, 0.1) is 13.7 Å². The SMILES string of the molecule is COc1ccc(C2CCCN2CC(=O)Nc2ccc(N3CCN(Cc4ccccc4)CC3)cc2)cc1. The number of anilines is 2. The lowest BCUT2D eigenvalue weighted by Gasteiger charge is -2.36. The van der Waals surface area contributed by atoms with Crippen LogP contribution in [0.4, 0.5) is 11.4 Å². The van der Waals surface area contributed by atoms with E-state index in [0.29, 0.717) is 6.54 Å². The van der Waals surface area contributed by atoms with Gasteiger partial charge in [0.15, 0.2) is 0 Å². The predicted molar refractivity (Wildman–Crippen MR) is 146 cm³/mol. The van der Waals surface area contributed by atoms with E-state index in [2.05, 4.69) is 74.6 Å². The first-order valence-electron chi connectivity index (χ1n) is 13.0. The molecule has 2 aliphatic rings. The minimum Gasteiger partial charge on any atom is -0.497 e. The molecule has 1 amide bonds. The van der Waals surface area contributed by atoms with E-state index in [9.17, 15) is 4.79 Å². The Bertz CT molecular complexity index is 1110. The quantitative estimate of drug-likeness (QED) is 0.498. The van der Waals surface area contributed by atoms with Gasteiger partial charge in [0.1, 0.15) is 5.75 Å². The van der Waals surface area contributed by atoms with Crippen molar-refractivity contribution in [2.75, 3.05) is 56.6 Å². The molecule has 0 aliphatic carbocycles. The van der Waals surface area contributed by atoms with E-state index < -0.39 is 0 Å². The monoisotopic (exact) mass is 484 g/mol. The molecule has 2 aliphatic heterocycles. The molecule has 2 fully saturated rings. The number of piperazine rings is 1. The average Bonchev–Trinajstić information content (AvgIpc) is 3.38. The van der Waals surface area contributed by atoms with Crippen molar-refractivity contribution in [2.24, 2.45) is 0 Å². The molecule has 1 N–H and O–H groups in total. The Morgan fingerprint density at radius 1 is 0.889 bits per heavy atom. The van der Waals surface area contributed by atoms with Crippen molar-refractivity contribution >= 4 is 17.3 Å². The zero-order chi connectivity index (χ0) is 24.7. The van der Waals surface area contributed by atoms with Crippen LogP contribution in [0.15, 0.2) is 78.9 Å². The summed E-state index contributed by atoms with van der Waals surface area (Å²) in [6, 6.07) is 27.5. The Kier molecular flexibility index (Phi) is 7.84. The molecule has 6 nitrogen and oxygen atoms in total. The molecule has 2 heterocycles. The number of ether oxygens (including phenoxy) is 1. The van der Waals surface area contributed by atoms with Gasteiger partial charge in [0.25, 0.3) is 0 Å². The first-order chi connectivity index (χ1) is 17.7. The maximum Gasteiger partial charge on any atom is 0.238 e. The molecule has 0 aromatic heterocycles. The minimum absolute atomic E-state index is 0.0395. The van der Waals surface area contributed by atoms with Crippen LogP contribution in [-0.4, -0.2) is 62.1 Å². The zero-order valence-corrected chi connectivity index (χ0v) is 21.1. The van der Waals surface area contributed by atoms with Gasteiger partial charge in [-0.2, -0.15) is 0 Å². The van der Waals surface area contributed by atoms with Crippen molar-refractivity contribution in [1.29, 1.82) is 0 Å². The Morgan fingerprint density at radius 3 is 2.31 bits per heavy atom. The maximum absolute atomic E-state index is 12.8. The number of methoxy groups -OCH3 is 1. The number of likely N-dealkylation sites (tertiary alicyclic amines) is 1. The highest BCUT2D eigenvalue weighted by Gasteiger charge is 2.27. The zero-order valence-electron chi connectivity index (χ0n) is 21.1. The van der Waals surface area contributed by atoms with Crippen LogP contribution in [-0.2, 0) is 11.3 Å². The Hall–Kier alpha value is -3.35. The van der Waals surface area contributed by atoms with Gasteiger partial charge < -0.3 is 15.0 Å². The molecule has 0 radical (unpaired) electrons. The lowest BCUT2D eigenvalue weighted by Crippen LogP contribution is -2.45. The number of carbonyl (C=O) groups excluding carboxylic acids is 1. The topological polar surface area (TPSA) is 48.1 Å². The van der Waals surface area contributed by atoms with E-state index >= 15 is 0 Å². The molecule has 188 valence electrons. The number of rotatable bonds is 8. The van der Waals surface area contributed by atoms with Crippen LogP contribution in [0.1, 0.15) is 30.0 Å². The van der Waals surface area contributed by atoms with Crippen molar-refractivity contribution in [3.63, 3.8) is 0 Å². The molecular formula is C30H36N4O2. The highest BCUT2D eigenvalue weighted by Crippen LogP contribution is 2.32. The normalized spacial score (nSPS) is 18.8. The second-order valence-electron chi connectivity index (χ2n) is 9.75. The fraction of sp³-hybridized carbons (Fsp3) is 0.367. The fourth-order valence-corrected chi connectivity index (χ4v) is 5.37. The molecule has 2 saturated heterocycles. The standard InChI is InChI=1S/C30H36N4O2/c1-36-28-15-9-25(10-16-28)29-8-5-17-34(29)23-30(35)31-26-11-13-27(14-12-26)33-20-18-32(19-21-33)22-24-6-3-2-4-7-24/h2-4,6-7,9-16,29H,5,8,17-23H2,1H3,(H,31,35). The van der Waals surface area contributed by atoms with Gasteiger partial charge in [-0.25, -0.2) is 0 Å². The molecule has 3 aromatic carbocycles. The number of hydrogen-bond acceptors (Lipinski definition) is 5. The van der Waals surface area contributed by atoms with Crippen molar-refractivity contribution in [3.8, 4) is 5.75 Å². The van der Waals surface area contributed by atoms with Crippen molar-refractivity contribution < 1.29 is 9.53 Å². The summed E-state index contributed by atoms with van der Waals surface area (Å²) in [4.78, 5) is 20.0. The van der Waals surface area contributed by atoms with E-state index in [4.69, 9.17) is 4.74 Å². The highest BCUT2D eigenvalue weighted by molar-refractivity contribution is 5.92. The van der Waals surface area contributed by atoms with Crippen LogP contribution in [0.5, 0.6) is 5.75 Å². The van der Waals surface area contributed by atoms with Gasteiger partial charge in [-0.15, -0.1) is 0 Å². The third kappa shape index (κ3) is 6.07. The summed E-state index contributed by atoms with van der Waals surface area (Å²) in [7, 11) is 1.68. The molecule has 6 heteroatoms. The van der Waals surface area contributed by atoms with E-state index in [1.165, 1.54) is 16.8 Å². The van der Waals surface area contributed by atoms with E-state index in [1.54, 1.807) is 7.11 Å². The van der Waals surface area contributed by atoms with Gasteiger partial charge in [-0.05, 0) is 66.9 Å². The third-order valence-corrected chi connectivity index (χ3v) is 7.35. The summed E-state index contributed by atoms with van der Waals surface area (Å²) in [5, 5.41) is 3.10. The van der Waals surface area contributed by atoms with E-state index in [-0.39, 0.29) is 11.9 Å². The Balaban J connectivity index is 1.10. The molecule has 1 atom stereocenters. The smallest absolute Gasteiger partial charge is 0.238 e. The summed E-state index contributed by atoms with van der Waals surface area (Å²) in [5.41, 5.74) is 4.68. The summed E-state index contributed by atoms with van der Waals surface area (Å²) >= 11 is 0. The molecular weight excluding hydrogens is 448 g/mol. The van der Waals surface area contributed by atoms with Crippen LogP contribution in [0.2, 0.25) is 0 Å². The van der Waals surface area contributed by atoms with Gasteiger partial charge in [-0.1, -0.05) is 42.5 Å². The lowest BCUT2D eigenvalue weighted by atomic mass is 10.0. The number of hydrogen-bond donors (Lipinski definition) is 1. The van der Waals surface area contributed by atoms with Gasteiger partial charge >= 0.3 is 0 Å². The summed E-state index contributed by atoms with van der Waals surface area (Å²) in [6.45, 7) is 6.49. The number of nitrogens with zero attached hydrogens (tertiary/aromatic N) is 3. The number of nitrogens with one attached hydrogen (secondary N) is 1. The summed E-state index contributed by atoms with van der Waals surface area (Å²) < 4.78 is 5.28. The Labute approximate surface area is 214 Å².